The summed E-state index contributed by atoms with van der Waals surface area (Å²) in [6.45, 7) is 4.85. The molecule has 0 aliphatic rings. The molecule has 0 aliphatic heterocycles. The van der Waals surface area contributed by atoms with Gasteiger partial charge in [0.2, 0.25) is 0 Å². The summed E-state index contributed by atoms with van der Waals surface area (Å²) in [5.41, 5.74) is 0.920. The van der Waals surface area contributed by atoms with E-state index in [0.29, 0.717) is 18.3 Å². The summed E-state index contributed by atoms with van der Waals surface area (Å²) >= 11 is 3.28. The van der Waals surface area contributed by atoms with Gasteiger partial charge in [0.1, 0.15) is 5.75 Å². The van der Waals surface area contributed by atoms with Gasteiger partial charge in [-0.2, -0.15) is 0 Å². The highest BCUT2D eigenvalue weighted by atomic mass is 79.9. The molecule has 72 valence electrons. The van der Waals surface area contributed by atoms with Crippen LogP contribution in [-0.2, 0) is 6.54 Å². The van der Waals surface area contributed by atoms with E-state index in [9.17, 15) is 5.11 Å². The van der Waals surface area contributed by atoms with E-state index >= 15 is 0 Å². The Balaban J connectivity index is 2.71. The smallest absolute Gasteiger partial charge is 0.134 e. The molecule has 2 N–H and O–H groups in total. The molecule has 1 rings (SSSR count). The molecule has 0 radical (unpaired) electrons. The third kappa shape index (κ3) is 3.01. The number of benzene rings is 1. The van der Waals surface area contributed by atoms with E-state index in [4.69, 9.17) is 0 Å². The second-order valence-corrected chi connectivity index (χ2v) is 4.14. The second kappa shape index (κ2) is 4.63. The van der Waals surface area contributed by atoms with Gasteiger partial charge < -0.3 is 10.4 Å². The van der Waals surface area contributed by atoms with Crippen molar-refractivity contribution in [3.63, 3.8) is 0 Å². The van der Waals surface area contributed by atoms with Crippen molar-refractivity contribution >= 4 is 15.9 Å². The highest BCUT2D eigenvalue weighted by Gasteiger charge is 2.04. The zero-order valence-corrected chi connectivity index (χ0v) is 9.43. The van der Waals surface area contributed by atoms with E-state index in [0.717, 1.165) is 10.0 Å². The lowest BCUT2D eigenvalue weighted by atomic mass is 10.2. The molecule has 0 saturated heterocycles. The van der Waals surface area contributed by atoms with Gasteiger partial charge >= 0.3 is 0 Å². The molecular formula is C10H14BrNO. The van der Waals surface area contributed by atoms with E-state index < -0.39 is 0 Å². The van der Waals surface area contributed by atoms with Gasteiger partial charge in [-0.05, 0) is 22.0 Å². The molecule has 0 aliphatic carbocycles. The monoisotopic (exact) mass is 243 g/mol. The van der Waals surface area contributed by atoms with Crippen molar-refractivity contribution in [2.75, 3.05) is 0 Å². The van der Waals surface area contributed by atoms with Crippen molar-refractivity contribution in [1.29, 1.82) is 0 Å². The number of nitrogens with one attached hydrogen (secondary N) is 1. The fourth-order valence-corrected chi connectivity index (χ4v) is 1.42. The minimum absolute atomic E-state index is 0.329. The molecule has 0 atom stereocenters. The molecule has 0 bridgehead atoms. The van der Waals surface area contributed by atoms with E-state index in [-0.39, 0.29) is 0 Å². The fourth-order valence-electron chi connectivity index (χ4n) is 1.02. The van der Waals surface area contributed by atoms with E-state index in [1.807, 2.05) is 18.2 Å². The fraction of sp³-hybridized carbons (Fsp3) is 0.400. The van der Waals surface area contributed by atoms with Crippen molar-refractivity contribution < 1.29 is 5.11 Å². The first-order chi connectivity index (χ1) is 6.11. The molecule has 0 unspecified atom stereocenters. The largest absolute Gasteiger partial charge is 0.506 e. The number of hydrogen-bond donors (Lipinski definition) is 2. The Labute approximate surface area is 87.1 Å². The van der Waals surface area contributed by atoms with Crippen LogP contribution in [0.2, 0.25) is 0 Å². The lowest BCUT2D eigenvalue weighted by Gasteiger charge is -2.09. The summed E-state index contributed by atoms with van der Waals surface area (Å²) < 4.78 is 0.746. The normalized spacial score (nSPS) is 10.8. The Hall–Kier alpha value is -0.540. The summed E-state index contributed by atoms with van der Waals surface area (Å²) in [5, 5.41) is 12.9. The molecule has 1 aromatic rings. The van der Waals surface area contributed by atoms with Crippen LogP contribution >= 0.6 is 15.9 Å². The number of halogens is 1. The van der Waals surface area contributed by atoms with Gasteiger partial charge in [-0.15, -0.1) is 0 Å². The predicted octanol–water partition coefficient (Wildman–Crippen LogP) is 2.65. The van der Waals surface area contributed by atoms with Crippen molar-refractivity contribution in [2.24, 2.45) is 0 Å². The molecule has 0 amide bonds. The molecule has 2 nitrogen and oxygen atoms in total. The van der Waals surface area contributed by atoms with Crippen LogP contribution in [0.5, 0.6) is 5.75 Å². The van der Waals surface area contributed by atoms with Crippen molar-refractivity contribution in [3.8, 4) is 5.75 Å². The highest BCUT2D eigenvalue weighted by Crippen LogP contribution is 2.27. The first kappa shape index (κ1) is 10.5. The Morgan fingerprint density at radius 1 is 1.46 bits per heavy atom. The second-order valence-electron chi connectivity index (χ2n) is 3.28. The van der Waals surface area contributed by atoms with E-state index in [2.05, 4.69) is 35.1 Å². The molecule has 13 heavy (non-hydrogen) atoms. The lowest BCUT2D eigenvalue weighted by molar-refractivity contribution is 0.458. The van der Waals surface area contributed by atoms with Crippen molar-refractivity contribution in [3.05, 3.63) is 28.2 Å². The number of rotatable bonds is 3. The average Bonchev–Trinajstić information content (AvgIpc) is 2.07. The van der Waals surface area contributed by atoms with Crippen LogP contribution in [0.3, 0.4) is 0 Å². The van der Waals surface area contributed by atoms with E-state index in [1.54, 1.807) is 0 Å². The summed E-state index contributed by atoms with van der Waals surface area (Å²) in [7, 11) is 0. The van der Waals surface area contributed by atoms with Crippen LogP contribution in [0, 0.1) is 0 Å². The zero-order valence-electron chi connectivity index (χ0n) is 7.84. The number of phenolic OH excluding ortho intramolecular Hbond substituents is 1. The standard InChI is InChI=1S/C10H14BrNO/c1-7(2)12-6-8-4-3-5-9(11)10(8)13/h3-5,7,12-13H,6H2,1-2H3. The van der Waals surface area contributed by atoms with Crippen LogP contribution < -0.4 is 5.32 Å². The van der Waals surface area contributed by atoms with Gasteiger partial charge in [0.05, 0.1) is 4.47 Å². The SMILES string of the molecule is CC(C)NCc1cccc(Br)c1O. The molecule has 0 spiro atoms. The molecule has 0 saturated carbocycles. The first-order valence-electron chi connectivity index (χ1n) is 4.31. The minimum Gasteiger partial charge on any atom is -0.506 e. The van der Waals surface area contributed by atoms with Crippen LogP contribution in [0.25, 0.3) is 0 Å². The van der Waals surface area contributed by atoms with Gasteiger partial charge in [-0.25, -0.2) is 0 Å². The average molecular weight is 244 g/mol. The Morgan fingerprint density at radius 3 is 2.77 bits per heavy atom. The van der Waals surface area contributed by atoms with Gasteiger partial charge in [-0.3, -0.25) is 0 Å². The van der Waals surface area contributed by atoms with Gasteiger partial charge in [0.25, 0.3) is 0 Å². The topological polar surface area (TPSA) is 32.3 Å². The van der Waals surface area contributed by atoms with E-state index in [1.165, 1.54) is 0 Å². The maximum absolute atomic E-state index is 9.62. The lowest BCUT2D eigenvalue weighted by Crippen LogP contribution is -2.21. The summed E-state index contributed by atoms with van der Waals surface area (Å²) in [6.07, 6.45) is 0. The number of para-hydroxylation sites is 1. The Morgan fingerprint density at radius 2 is 2.15 bits per heavy atom. The summed E-state index contributed by atoms with van der Waals surface area (Å²) in [5.74, 6) is 0.329. The van der Waals surface area contributed by atoms with Gasteiger partial charge in [-0.1, -0.05) is 26.0 Å². The molecule has 3 heteroatoms. The molecule has 0 aromatic heterocycles. The number of hydrogen-bond acceptors (Lipinski definition) is 2. The quantitative estimate of drug-likeness (QED) is 0.856. The molecule has 1 aromatic carbocycles. The highest BCUT2D eigenvalue weighted by molar-refractivity contribution is 9.10. The van der Waals surface area contributed by atoms with Crippen LogP contribution in [0.1, 0.15) is 19.4 Å². The third-order valence-electron chi connectivity index (χ3n) is 1.77. The molecule has 0 heterocycles. The minimum atomic E-state index is 0.329. The summed E-state index contributed by atoms with van der Waals surface area (Å²) in [4.78, 5) is 0. The maximum Gasteiger partial charge on any atom is 0.134 e. The molecular weight excluding hydrogens is 230 g/mol. The zero-order chi connectivity index (χ0) is 9.84. The van der Waals surface area contributed by atoms with Crippen LogP contribution in [0.15, 0.2) is 22.7 Å². The maximum atomic E-state index is 9.62. The van der Waals surface area contributed by atoms with Crippen LogP contribution in [-0.4, -0.2) is 11.1 Å². The Bertz CT molecular complexity index is 286. The van der Waals surface area contributed by atoms with Gasteiger partial charge in [0, 0.05) is 18.2 Å². The molecule has 0 fully saturated rings. The van der Waals surface area contributed by atoms with Crippen molar-refractivity contribution in [1.82, 2.24) is 5.32 Å². The number of aromatic hydroxyl groups is 1. The summed E-state index contributed by atoms with van der Waals surface area (Å²) in [6, 6.07) is 6.09. The third-order valence-corrected chi connectivity index (χ3v) is 2.41. The van der Waals surface area contributed by atoms with Crippen molar-refractivity contribution in [2.45, 2.75) is 26.4 Å². The Kier molecular flexibility index (Phi) is 3.75. The van der Waals surface area contributed by atoms with Gasteiger partial charge in [0.15, 0.2) is 0 Å². The number of phenols is 1. The predicted molar refractivity (Wildman–Crippen MR) is 57.8 cm³/mol. The van der Waals surface area contributed by atoms with Crippen LogP contribution in [0.4, 0.5) is 0 Å². The first-order valence-corrected chi connectivity index (χ1v) is 5.10.